The van der Waals surface area contributed by atoms with Crippen LogP contribution in [0, 0.1) is 45.9 Å². The number of anilines is 6. The number of benzene rings is 7. The van der Waals surface area contributed by atoms with Crippen molar-refractivity contribution in [2.24, 2.45) is 74.0 Å². The van der Waals surface area contributed by atoms with Crippen molar-refractivity contribution in [2.45, 2.75) is 108 Å². The van der Waals surface area contributed by atoms with Gasteiger partial charge < -0.3 is 77.3 Å². The molecule has 4 unspecified atom stereocenters. The number of nitriles is 1. The molecule has 34 heteroatoms. The number of rotatable bonds is 10. The normalized spacial score (nSPS) is 15.0. The molecule has 1 saturated carbocycles. The highest BCUT2D eigenvalue weighted by Gasteiger charge is 2.45. The number of hydrazine groups is 2. The number of nitrogens with one attached hydrogen (secondary N) is 4. The fourth-order valence-electron chi connectivity index (χ4n) is 9.51. The summed E-state index contributed by atoms with van der Waals surface area (Å²) < 4.78 is 37.7. The third kappa shape index (κ3) is 37.7. The van der Waals surface area contributed by atoms with E-state index < -0.39 is 21.8 Å². The van der Waals surface area contributed by atoms with Crippen LogP contribution in [-0.4, -0.2) is 80.5 Å². The summed E-state index contributed by atoms with van der Waals surface area (Å²) in [5.41, 5.74) is 69.8. The Balaban J connectivity index is 0.000000615. The minimum Gasteiger partial charge on any atom is -0.399 e. The van der Waals surface area contributed by atoms with Gasteiger partial charge in [-0.05, 0) is 171 Å². The fourth-order valence-corrected chi connectivity index (χ4v) is 10.8. The van der Waals surface area contributed by atoms with Crippen molar-refractivity contribution in [3.05, 3.63) is 216 Å². The number of cyclic esters (lactones) is 6. The summed E-state index contributed by atoms with van der Waals surface area (Å²) in [7, 11) is -3.48. The number of unbranched alkanes of at least 4 members (excludes halogenated alkanes) is 1. The molecule has 588 valence electrons. The summed E-state index contributed by atoms with van der Waals surface area (Å²) in [6, 6.07) is 53.3. The minimum atomic E-state index is -3.48. The van der Waals surface area contributed by atoms with Crippen molar-refractivity contribution in [3.63, 3.8) is 0 Å². The molecule has 0 radical (unpaired) electrons. The quantitative estimate of drug-likeness (QED) is 0.00562. The van der Waals surface area contributed by atoms with Gasteiger partial charge in [-0.2, -0.15) is 10.3 Å². The van der Waals surface area contributed by atoms with Crippen molar-refractivity contribution in [3.8, 4) is 6.19 Å². The van der Waals surface area contributed by atoms with Crippen LogP contribution >= 0.6 is 0 Å². The average Bonchev–Trinajstić information content (AvgIpc) is 1.53. The molecular formula is C76H100N20O13S. The number of amides is 2. The first kappa shape index (κ1) is 94.9. The SMILES string of the molecule is CC.CCN.N#CN=C(N)N.N=C=NC(=N)N.NCc1ccccc1.NNC(=O)CCCCC(=O)NN.Nc1ccc(Cc2ccc(N)cc2)cc1.Nc1ccc(S(=O)(=O)c2ccc(N)cc2)cc1.Nc1cccc(N)c1.O=C1OC(=O)C2CC=CCC12.O=C1OC(=O)C2CCCCC12.O=C1OC(=O)c2ccccc21. The molecule has 7 aromatic rings. The summed E-state index contributed by atoms with van der Waals surface area (Å²) in [5, 5.41) is 20.1. The van der Waals surface area contributed by atoms with Crippen LogP contribution in [0.3, 0.4) is 0 Å². The molecular weight excluding hydrogens is 1430 g/mol. The monoisotopic (exact) mass is 1530 g/mol. The van der Waals surface area contributed by atoms with Crippen LogP contribution in [0.4, 0.5) is 34.1 Å². The largest absolute Gasteiger partial charge is 0.399 e. The number of aliphatic imine (C=N–C) groups is 2. The second kappa shape index (κ2) is 53.6. The number of fused-ring (bicyclic) bond motifs is 3. The topological polar surface area (TPSA) is 657 Å². The number of nitrogens with two attached hydrogens (primary N) is 13. The van der Waals surface area contributed by atoms with Crippen molar-refractivity contribution in [1.29, 1.82) is 16.1 Å². The van der Waals surface area contributed by atoms with E-state index in [4.69, 9.17) is 85.1 Å². The second-order valence-electron chi connectivity index (χ2n) is 23.0. The Kier molecular flexibility index (Phi) is 46.2. The van der Waals surface area contributed by atoms with E-state index in [0.717, 1.165) is 50.0 Å². The number of carbonyl (C=O) groups excluding carboxylic acids is 8. The standard InChI is InChI=1S/C13H14N2.C12H12N2O2S.C8H10O3.C8H8O3.C8H4O3.C7H9N.C6H14N4O2.C6H8N2.2C2H4N4.C2H7N.C2H6/c14-12-5-1-10(2-6-12)9-11-3-7-13(15)8-4-11;13-9-1-5-11(6-2-9)17(15,16)12-7-3-10(14)4-8-12;3*9-7-5-3-1-2-4-6(5)8(10)11-7;8-6-7-4-2-1-3-5-7;7-9-5(11)3-1-2-4-6(12)10-8;7-5-2-1-3-6(8)4-5;2*3-1-6-2(4)5;1-2-3;1-2/h1-8H,9,14-15H2;1-8H,13-14H2;5-6H,1-4H2;1-2,5-6H,3-4H2;1-4H;1-5H,6,8H2;1-4,7-8H2,(H,9,11)(H,10,12);1-4H,7-8H2;(H4,4,5,6);3H,(H3,4,5);2-3H2,1H3;1-2H3. The van der Waals surface area contributed by atoms with E-state index in [2.05, 4.69) is 29.9 Å². The van der Waals surface area contributed by atoms with E-state index in [1.54, 1.807) is 72.7 Å². The van der Waals surface area contributed by atoms with Crippen LogP contribution in [0.2, 0.25) is 0 Å². The van der Waals surface area contributed by atoms with Crippen molar-refractivity contribution < 1.29 is 61.0 Å². The zero-order chi connectivity index (χ0) is 82.6. The number of ether oxygens (including phenoxy) is 3. The maximum absolute atomic E-state index is 12.2. The molecule has 5 aliphatic rings. The first-order valence-electron chi connectivity index (χ1n) is 34.1. The van der Waals surface area contributed by atoms with Crippen molar-refractivity contribution >= 4 is 110 Å². The molecule has 0 aromatic heterocycles. The van der Waals surface area contributed by atoms with Crippen molar-refractivity contribution in [2.75, 3.05) is 40.9 Å². The Morgan fingerprint density at radius 3 is 1.15 bits per heavy atom. The lowest BCUT2D eigenvalue weighted by molar-refractivity contribution is -0.155. The smallest absolute Gasteiger partial charge is 0.346 e. The van der Waals surface area contributed by atoms with E-state index in [9.17, 15) is 46.8 Å². The first-order chi connectivity index (χ1) is 52.5. The maximum atomic E-state index is 12.2. The summed E-state index contributed by atoms with van der Waals surface area (Å²) in [4.78, 5) is 92.9. The lowest BCUT2D eigenvalue weighted by Gasteiger charge is -2.18. The summed E-state index contributed by atoms with van der Waals surface area (Å²) in [6.45, 7) is 7.29. The van der Waals surface area contributed by atoms with Crippen LogP contribution in [0.1, 0.15) is 122 Å². The molecule has 3 heterocycles. The predicted octanol–water partition coefficient (Wildman–Crippen LogP) is 6.54. The Morgan fingerprint density at radius 1 is 0.518 bits per heavy atom. The average molecular weight is 1530 g/mol. The van der Waals surface area contributed by atoms with Crippen LogP contribution in [0.5, 0.6) is 0 Å². The maximum Gasteiger partial charge on any atom is 0.346 e. The van der Waals surface area contributed by atoms with Gasteiger partial charge >= 0.3 is 35.8 Å². The zero-order valence-electron chi connectivity index (χ0n) is 61.5. The molecule has 12 rings (SSSR count). The number of allylic oxidation sites excluding steroid dienone is 2. The molecule has 0 spiro atoms. The highest BCUT2D eigenvalue weighted by Crippen LogP contribution is 2.36. The first-order valence-corrected chi connectivity index (χ1v) is 35.6. The molecule has 7 aromatic carbocycles. The van der Waals surface area contributed by atoms with Gasteiger partial charge in [0, 0.05) is 53.5 Å². The number of nitrogen functional groups attached to an aromatic ring is 6. The lowest BCUT2D eigenvalue weighted by atomic mass is 9.81. The zero-order valence-corrected chi connectivity index (χ0v) is 62.3. The number of sulfone groups is 1. The highest BCUT2D eigenvalue weighted by molar-refractivity contribution is 7.91. The van der Waals surface area contributed by atoms with Gasteiger partial charge in [0.2, 0.25) is 39.8 Å². The molecule has 33 nitrogen and oxygen atoms in total. The fraction of sp³-hybridized carbons (Fsp3) is 0.263. The second-order valence-corrected chi connectivity index (χ2v) is 25.0. The molecule has 2 saturated heterocycles. The highest BCUT2D eigenvalue weighted by atomic mass is 32.2. The van der Waals surface area contributed by atoms with Gasteiger partial charge in [0.25, 0.3) is 0 Å². The van der Waals surface area contributed by atoms with E-state index in [0.29, 0.717) is 78.9 Å². The van der Waals surface area contributed by atoms with Crippen LogP contribution in [0.25, 0.3) is 0 Å². The number of esters is 6. The Bertz CT molecular complexity index is 4100. The number of guanidine groups is 2. The van der Waals surface area contributed by atoms with E-state index >= 15 is 0 Å². The van der Waals surface area contributed by atoms with Gasteiger partial charge in [0.15, 0.2) is 0 Å². The predicted molar refractivity (Wildman–Crippen MR) is 423 cm³/mol. The molecule has 2 amide bonds. The van der Waals surface area contributed by atoms with Gasteiger partial charge in [-0.1, -0.05) is 119 Å². The molecule has 30 N–H and O–H groups in total. The molecule has 4 atom stereocenters. The van der Waals surface area contributed by atoms with E-state index in [1.165, 1.54) is 47.1 Å². The molecule has 2 aliphatic carbocycles. The Hall–Kier alpha value is -13.2. The van der Waals surface area contributed by atoms with Gasteiger partial charge in [0.05, 0.1) is 50.6 Å². The number of hydrogen-bond acceptors (Lipinski definition) is 27. The van der Waals surface area contributed by atoms with Crippen LogP contribution < -0.4 is 85.6 Å². The van der Waals surface area contributed by atoms with Gasteiger partial charge in [-0.3, -0.25) is 45.0 Å². The Labute approximate surface area is 639 Å². The number of nitrogens with zero attached hydrogens (tertiary/aromatic N) is 3. The van der Waals surface area contributed by atoms with Crippen molar-refractivity contribution in [1.82, 2.24) is 10.9 Å². The van der Waals surface area contributed by atoms with Gasteiger partial charge in [-0.25, -0.2) is 35.1 Å². The van der Waals surface area contributed by atoms with Crippen LogP contribution in [-0.2, 0) is 65.8 Å². The Morgan fingerprint density at radius 2 is 0.873 bits per heavy atom. The third-order valence-electron chi connectivity index (χ3n) is 14.8. The molecule has 3 fully saturated rings. The number of carbonyl (C=O) groups is 8. The molecule has 0 bridgehead atoms. The lowest BCUT2D eigenvalue weighted by Crippen LogP contribution is -2.30. The van der Waals surface area contributed by atoms with E-state index in [1.807, 2.05) is 129 Å². The molecule has 3 aliphatic heterocycles. The van der Waals surface area contributed by atoms with Gasteiger partial charge in [-0.15, -0.1) is 4.99 Å². The minimum absolute atomic E-state index is 0.101. The summed E-state index contributed by atoms with van der Waals surface area (Å²) >= 11 is 0. The molecule has 110 heavy (non-hydrogen) atoms. The summed E-state index contributed by atoms with van der Waals surface area (Å²) in [6.07, 6.45) is 13.3. The van der Waals surface area contributed by atoms with Crippen LogP contribution in [0.15, 0.2) is 208 Å². The van der Waals surface area contributed by atoms with Gasteiger partial charge in [0.1, 0.15) is 0 Å². The summed E-state index contributed by atoms with van der Waals surface area (Å²) in [5.74, 6) is 5.72. The third-order valence-corrected chi connectivity index (χ3v) is 16.6. The van der Waals surface area contributed by atoms with E-state index in [-0.39, 0.29) is 81.1 Å². The number of hydrogen-bond donors (Lipinski definition) is 17.